The van der Waals surface area contributed by atoms with Gasteiger partial charge in [0.15, 0.2) is 0 Å². The third-order valence-electron chi connectivity index (χ3n) is 4.55. The van der Waals surface area contributed by atoms with Gasteiger partial charge in [-0.1, -0.05) is 6.07 Å². The van der Waals surface area contributed by atoms with Crippen molar-refractivity contribution in [2.75, 3.05) is 36.8 Å². The summed E-state index contributed by atoms with van der Waals surface area (Å²) in [5.74, 6) is -1.15. The van der Waals surface area contributed by atoms with Gasteiger partial charge in [-0.2, -0.15) is 4.31 Å². The van der Waals surface area contributed by atoms with Crippen LogP contribution in [0.5, 0.6) is 5.75 Å². The predicted octanol–water partition coefficient (Wildman–Crippen LogP) is 1.75. The van der Waals surface area contributed by atoms with Gasteiger partial charge in [0.05, 0.1) is 5.75 Å². The lowest BCUT2D eigenvalue weighted by molar-refractivity contribution is 0.117. The number of aromatic hydroxyl groups is 1. The van der Waals surface area contributed by atoms with Gasteiger partial charge in [-0.15, -0.1) is 0 Å². The van der Waals surface area contributed by atoms with Crippen molar-refractivity contribution >= 4 is 15.7 Å². The van der Waals surface area contributed by atoms with Crippen molar-refractivity contribution in [2.24, 2.45) is 11.8 Å². The molecular formula is C15H20F2N2O3S. The van der Waals surface area contributed by atoms with Gasteiger partial charge < -0.3 is 10.0 Å². The molecule has 1 saturated carbocycles. The van der Waals surface area contributed by atoms with Gasteiger partial charge in [0, 0.05) is 43.9 Å². The van der Waals surface area contributed by atoms with E-state index in [1.807, 2.05) is 11.0 Å². The van der Waals surface area contributed by atoms with Crippen LogP contribution in [0.2, 0.25) is 0 Å². The number of nitrogens with zero attached hydrogens (tertiary/aromatic N) is 2. The Bertz CT molecular complexity index is 660. The first-order valence-electron chi connectivity index (χ1n) is 7.67. The number of hydrogen-bond acceptors (Lipinski definition) is 4. The first-order chi connectivity index (χ1) is 10.9. The lowest BCUT2D eigenvalue weighted by Gasteiger charge is -2.35. The Balaban J connectivity index is 1.56. The second-order valence-corrected chi connectivity index (χ2v) is 8.19. The van der Waals surface area contributed by atoms with Crippen LogP contribution in [0.15, 0.2) is 24.3 Å². The van der Waals surface area contributed by atoms with Gasteiger partial charge in [-0.05, 0) is 24.5 Å². The first-order valence-corrected chi connectivity index (χ1v) is 9.28. The van der Waals surface area contributed by atoms with Crippen molar-refractivity contribution in [3.05, 3.63) is 24.3 Å². The van der Waals surface area contributed by atoms with E-state index in [9.17, 15) is 22.3 Å². The van der Waals surface area contributed by atoms with E-state index in [-0.39, 0.29) is 11.5 Å². The van der Waals surface area contributed by atoms with Gasteiger partial charge in [0.1, 0.15) is 5.75 Å². The second-order valence-electron chi connectivity index (χ2n) is 6.18. The summed E-state index contributed by atoms with van der Waals surface area (Å²) < 4.78 is 51.1. The van der Waals surface area contributed by atoms with E-state index in [1.165, 1.54) is 4.31 Å². The number of benzene rings is 1. The minimum absolute atomic E-state index is 0.171. The zero-order valence-corrected chi connectivity index (χ0v) is 13.4. The molecular weight excluding hydrogens is 326 g/mol. The summed E-state index contributed by atoms with van der Waals surface area (Å²) in [6.45, 7) is 1.71. The van der Waals surface area contributed by atoms with Crippen LogP contribution in [-0.2, 0) is 10.0 Å². The minimum atomic E-state index is -3.48. The SMILES string of the molecule is O=S(=O)(C[C@@H]1C[C@H]1C(F)F)N1CCN(c2cccc(O)c2)CC1. The lowest BCUT2D eigenvalue weighted by Crippen LogP contribution is -2.49. The first kappa shape index (κ1) is 16.4. The molecule has 1 aromatic carbocycles. The third-order valence-corrected chi connectivity index (χ3v) is 6.55. The highest BCUT2D eigenvalue weighted by Crippen LogP contribution is 2.44. The zero-order valence-electron chi connectivity index (χ0n) is 12.6. The fraction of sp³-hybridized carbons (Fsp3) is 0.600. The Morgan fingerprint density at radius 3 is 2.48 bits per heavy atom. The van der Waals surface area contributed by atoms with E-state index in [0.29, 0.717) is 32.6 Å². The molecule has 0 unspecified atom stereocenters. The molecule has 3 rings (SSSR count). The largest absolute Gasteiger partial charge is 0.508 e. The predicted molar refractivity (Wildman–Crippen MR) is 83.3 cm³/mol. The molecule has 0 amide bonds. The van der Waals surface area contributed by atoms with Crippen molar-refractivity contribution in [3.63, 3.8) is 0 Å². The van der Waals surface area contributed by atoms with Crippen molar-refractivity contribution in [3.8, 4) is 5.75 Å². The zero-order chi connectivity index (χ0) is 16.6. The highest BCUT2D eigenvalue weighted by Gasteiger charge is 2.47. The quantitative estimate of drug-likeness (QED) is 0.882. The van der Waals surface area contributed by atoms with E-state index in [0.717, 1.165) is 5.69 Å². The molecule has 1 aliphatic carbocycles. The Morgan fingerprint density at radius 2 is 1.91 bits per heavy atom. The Hall–Kier alpha value is -1.41. The van der Waals surface area contributed by atoms with E-state index in [4.69, 9.17) is 0 Å². The monoisotopic (exact) mass is 346 g/mol. The van der Waals surface area contributed by atoms with E-state index in [2.05, 4.69) is 0 Å². The number of alkyl halides is 2. The fourth-order valence-corrected chi connectivity index (χ4v) is 4.92. The van der Waals surface area contributed by atoms with Gasteiger partial charge in [-0.25, -0.2) is 17.2 Å². The maximum atomic E-state index is 12.5. The van der Waals surface area contributed by atoms with Gasteiger partial charge in [0.25, 0.3) is 0 Å². The highest BCUT2D eigenvalue weighted by atomic mass is 32.2. The smallest absolute Gasteiger partial charge is 0.241 e. The van der Waals surface area contributed by atoms with E-state index >= 15 is 0 Å². The second kappa shape index (κ2) is 6.24. The molecule has 5 nitrogen and oxygen atoms in total. The van der Waals surface area contributed by atoms with E-state index in [1.54, 1.807) is 18.2 Å². The minimum Gasteiger partial charge on any atom is -0.508 e. The van der Waals surface area contributed by atoms with Crippen LogP contribution in [0.1, 0.15) is 6.42 Å². The van der Waals surface area contributed by atoms with Crippen molar-refractivity contribution in [1.82, 2.24) is 4.31 Å². The average molecular weight is 346 g/mol. The number of phenols is 1. The maximum absolute atomic E-state index is 12.5. The average Bonchev–Trinajstić information content (AvgIpc) is 3.26. The molecule has 0 spiro atoms. The molecule has 2 fully saturated rings. The molecule has 23 heavy (non-hydrogen) atoms. The van der Waals surface area contributed by atoms with Crippen LogP contribution < -0.4 is 4.90 Å². The van der Waals surface area contributed by atoms with Crippen molar-refractivity contribution < 1.29 is 22.3 Å². The van der Waals surface area contributed by atoms with Crippen LogP contribution in [-0.4, -0.2) is 56.2 Å². The summed E-state index contributed by atoms with van der Waals surface area (Å²) in [5, 5.41) is 9.51. The number of halogens is 2. The standard InChI is InChI=1S/C15H20F2N2O3S/c16-15(17)14-8-11(14)10-23(21,22)19-6-4-18(5-7-19)12-2-1-3-13(20)9-12/h1-3,9,11,14-15,20H,4-8,10H2/t11-,14+/m0/s1. The molecule has 1 saturated heterocycles. The molecule has 0 aromatic heterocycles. The number of phenolic OH excluding ortho intramolecular Hbond substituents is 1. The van der Waals surface area contributed by atoms with Crippen molar-refractivity contribution in [1.29, 1.82) is 0 Å². The fourth-order valence-electron chi connectivity index (χ4n) is 3.06. The van der Waals surface area contributed by atoms with Crippen LogP contribution >= 0.6 is 0 Å². The van der Waals surface area contributed by atoms with Crippen LogP contribution in [0.25, 0.3) is 0 Å². The maximum Gasteiger partial charge on any atom is 0.241 e. The Labute approximate surface area is 134 Å². The number of piperazine rings is 1. The molecule has 1 aliphatic heterocycles. The number of anilines is 1. The third kappa shape index (κ3) is 3.74. The molecule has 2 aliphatic rings. The summed E-state index contributed by atoms with van der Waals surface area (Å²) in [6.07, 6.45) is -2.11. The molecule has 0 radical (unpaired) electrons. The summed E-state index contributed by atoms with van der Waals surface area (Å²) >= 11 is 0. The molecule has 0 bridgehead atoms. The molecule has 1 N–H and O–H groups in total. The molecule has 1 heterocycles. The van der Waals surface area contributed by atoms with Crippen LogP contribution in [0.4, 0.5) is 14.5 Å². The molecule has 1 aromatic rings. The number of sulfonamides is 1. The summed E-state index contributed by atoms with van der Waals surface area (Å²) in [7, 11) is -3.48. The number of rotatable bonds is 5. The Kier molecular flexibility index (Phi) is 4.46. The highest BCUT2D eigenvalue weighted by molar-refractivity contribution is 7.89. The Morgan fingerprint density at radius 1 is 1.22 bits per heavy atom. The van der Waals surface area contributed by atoms with E-state index < -0.39 is 28.3 Å². The van der Waals surface area contributed by atoms with Gasteiger partial charge >= 0.3 is 0 Å². The van der Waals surface area contributed by atoms with Crippen molar-refractivity contribution in [2.45, 2.75) is 12.8 Å². The molecule has 8 heteroatoms. The molecule has 128 valence electrons. The summed E-state index contributed by atoms with van der Waals surface area (Å²) in [5.41, 5.74) is 0.849. The topological polar surface area (TPSA) is 60.9 Å². The molecule has 2 atom stereocenters. The normalized spacial score (nSPS) is 25.8. The van der Waals surface area contributed by atoms with Gasteiger partial charge in [0.2, 0.25) is 16.4 Å². The van der Waals surface area contributed by atoms with Gasteiger partial charge in [-0.3, -0.25) is 0 Å². The summed E-state index contributed by atoms with van der Waals surface area (Å²) in [6, 6.07) is 6.83. The summed E-state index contributed by atoms with van der Waals surface area (Å²) in [4.78, 5) is 2.00. The van der Waals surface area contributed by atoms with Crippen LogP contribution in [0.3, 0.4) is 0 Å². The lowest BCUT2D eigenvalue weighted by atomic mass is 10.2. The van der Waals surface area contributed by atoms with Crippen LogP contribution in [0, 0.1) is 11.8 Å². The number of hydrogen-bond donors (Lipinski definition) is 1.